The maximum Gasteiger partial charge on any atom is 0.325 e. The summed E-state index contributed by atoms with van der Waals surface area (Å²) in [5, 5.41) is 12.7. The maximum absolute atomic E-state index is 12.1. The molecular formula is C25H31N3O5. The number of rotatable bonds is 11. The second-order valence-electron chi connectivity index (χ2n) is 8.70. The number of amides is 4. The molecule has 1 fully saturated rings. The van der Waals surface area contributed by atoms with Crippen molar-refractivity contribution in [2.75, 3.05) is 13.2 Å². The number of hydrogen-bond donors (Lipinski definition) is 2. The van der Waals surface area contributed by atoms with Gasteiger partial charge in [0.1, 0.15) is 23.9 Å². The minimum absolute atomic E-state index is 0.0608. The lowest BCUT2D eigenvalue weighted by atomic mass is 10.0. The lowest BCUT2D eigenvalue weighted by Crippen LogP contribution is -2.52. The summed E-state index contributed by atoms with van der Waals surface area (Å²) in [6.07, 6.45) is 3.69. The molecule has 8 nitrogen and oxygen atoms in total. The second kappa shape index (κ2) is 10.5. The van der Waals surface area contributed by atoms with E-state index < -0.39 is 23.5 Å². The molecule has 1 atom stereocenters. The van der Waals surface area contributed by atoms with Crippen LogP contribution < -0.4 is 10.1 Å². The highest BCUT2D eigenvalue weighted by atomic mass is 16.5. The molecule has 2 aromatic carbocycles. The summed E-state index contributed by atoms with van der Waals surface area (Å²) in [6.45, 7) is 5.25. The molecule has 4 amide bonds. The van der Waals surface area contributed by atoms with Crippen molar-refractivity contribution in [3.63, 3.8) is 0 Å². The zero-order valence-corrected chi connectivity index (χ0v) is 19.3. The first-order valence-corrected chi connectivity index (χ1v) is 11.1. The molecule has 0 aromatic heterocycles. The van der Waals surface area contributed by atoms with Crippen LogP contribution in [0.5, 0.6) is 5.75 Å². The van der Waals surface area contributed by atoms with Crippen LogP contribution in [0.1, 0.15) is 39.2 Å². The molecule has 176 valence electrons. The Morgan fingerprint density at radius 1 is 1.09 bits per heavy atom. The Labute approximate surface area is 194 Å². The normalized spacial score (nSPS) is 15.8. The van der Waals surface area contributed by atoms with Gasteiger partial charge in [-0.15, -0.1) is 0 Å². The topological polar surface area (TPSA) is 99.2 Å². The molecular weight excluding hydrogens is 422 g/mol. The van der Waals surface area contributed by atoms with Crippen LogP contribution in [0.3, 0.4) is 0 Å². The summed E-state index contributed by atoms with van der Waals surface area (Å²) < 4.78 is 5.78. The Morgan fingerprint density at radius 2 is 1.70 bits per heavy atom. The van der Waals surface area contributed by atoms with Gasteiger partial charge in [0.25, 0.3) is 5.91 Å². The predicted octanol–water partition coefficient (Wildman–Crippen LogP) is 3.62. The van der Waals surface area contributed by atoms with Gasteiger partial charge in [-0.1, -0.05) is 49.7 Å². The molecule has 0 radical (unpaired) electrons. The van der Waals surface area contributed by atoms with E-state index in [1.807, 2.05) is 24.3 Å². The summed E-state index contributed by atoms with van der Waals surface area (Å²) in [5.41, 5.74) is 2.39. The molecule has 0 spiro atoms. The van der Waals surface area contributed by atoms with Crippen LogP contribution in [-0.4, -0.2) is 58.3 Å². The molecule has 0 aliphatic carbocycles. The highest BCUT2D eigenvalue weighted by Gasteiger charge is 2.46. The number of hydroxylamine groups is 2. The number of benzene rings is 2. The summed E-state index contributed by atoms with van der Waals surface area (Å²) >= 11 is 0. The Hall–Kier alpha value is -3.39. The number of aryl methyl sites for hydroxylation is 1. The molecule has 1 unspecified atom stereocenters. The van der Waals surface area contributed by atoms with Gasteiger partial charge in [-0.2, -0.15) is 0 Å². The van der Waals surface area contributed by atoms with E-state index in [1.54, 1.807) is 13.8 Å². The fourth-order valence-electron chi connectivity index (χ4n) is 3.70. The van der Waals surface area contributed by atoms with Gasteiger partial charge in [0.2, 0.25) is 6.41 Å². The SMILES string of the molecule is CCCCc1ccc(-c2ccc(OCC(CN3C(=O)NC(=O)C3(C)C)N(O)C=O)cc2)cc1. The molecule has 1 aliphatic heterocycles. The fourth-order valence-corrected chi connectivity index (χ4v) is 3.70. The Balaban J connectivity index is 1.63. The average Bonchev–Trinajstić information content (AvgIpc) is 3.01. The van der Waals surface area contributed by atoms with E-state index in [9.17, 15) is 19.6 Å². The molecule has 2 aromatic rings. The van der Waals surface area contributed by atoms with Crippen LogP contribution in [0, 0.1) is 0 Å². The van der Waals surface area contributed by atoms with Crippen molar-refractivity contribution < 1.29 is 24.3 Å². The first-order valence-electron chi connectivity index (χ1n) is 11.1. The van der Waals surface area contributed by atoms with Crippen LogP contribution in [-0.2, 0) is 16.0 Å². The first kappa shape index (κ1) is 24.3. The predicted molar refractivity (Wildman–Crippen MR) is 124 cm³/mol. The number of hydrogen-bond acceptors (Lipinski definition) is 5. The number of carbonyl (C=O) groups excluding carboxylic acids is 3. The lowest BCUT2D eigenvalue weighted by Gasteiger charge is -2.33. The Kier molecular flexibility index (Phi) is 7.71. The first-order chi connectivity index (χ1) is 15.8. The van der Waals surface area contributed by atoms with Gasteiger partial charge >= 0.3 is 6.03 Å². The van der Waals surface area contributed by atoms with Crippen molar-refractivity contribution in [1.29, 1.82) is 0 Å². The molecule has 0 bridgehead atoms. The number of urea groups is 1. The number of unbranched alkanes of at least 4 members (excludes halogenated alkanes) is 1. The van der Waals surface area contributed by atoms with Crippen LogP contribution in [0.2, 0.25) is 0 Å². The van der Waals surface area contributed by atoms with Crippen LogP contribution in [0.4, 0.5) is 4.79 Å². The molecule has 1 aliphatic rings. The summed E-state index contributed by atoms with van der Waals surface area (Å²) in [6, 6.07) is 14.6. The maximum atomic E-state index is 12.1. The van der Waals surface area contributed by atoms with Gasteiger partial charge in [0.15, 0.2) is 0 Å². The van der Waals surface area contributed by atoms with Crippen LogP contribution in [0.25, 0.3) is 11.1 Å². The minimum atomic E-state index is -1.09. The van der Waals surface area contributed by atoms with Crippen LogP contribution in [0.15, 0.2) is 48.5 Å². The average molecular weight is 454 g/mol. The minimum Gasteiger partial charge on any atom is -0.491 e. The van der Waals surface area contributed by atoms with Gasteiger partial charge < -0.3 is 9.64 Å². The summed E-state index contributed by atoms with van der Waals surface area (Å²) in [5.74, 6) is 0.126. The number of carbonyl (C=O) groups is 3. The third kappa shape index (κ3) is 5.70. The quantitative estimate of drug-likeness (QED) is 0.234. The van der Waals surface area contributed by atoms with Gasteiger partial charge in [-0.25, -0.2) is 9.86 Å². The van der Waals surface area contributed by atoms with E-state index >= 15 is 0 Å². The van der Waals surface area contributed by atoms with Crippen LogP contribution >= 0.6 is 0 Å². The zero-order valence-electron chi connectivity index (χ0n) is 19.3. The number of imide groups is 1. The molecule has 0 saturated carbocycles. The number of nitrogens with one attached hydrogen (secondary N) is 1. The molecule has 1 saturated heterocycles. The van der Waals surface area contributed by atoms with E-state index in [-0.39, 0.29) is 19.6 Å². The third-order valence-electron chi connectivity index (χ3n) is 5.97. The summed E-state index contributed by atoms with van der Waals surface area (Å²) in [4.78, 5) is 36.5. The van der Waals surface area contributed by atoms with Gasteiger partial charge in [0.05, 0.1) is 0 Å². The van der Waals surface area contributed by atoms with Crippen molar-refractivity contribution in [3.8, 4) is 16.9 Å². The molecule has 8 heteroatoms. The second-order valence-corrected chi connectivity index (χ2v) is 8.70. The van der Waals surface area contributed by atoms with Gasteiger partial charge in [-0.3, -0.25) is 20.1 Å². The highest BCUT2D eigenvalue weighted by Crippen LogP contribution is 2.25. The Morgan fingerprint density at radius 3 is 2.21 bits per heavy atom. The third-order valence-corrected chi connectivity index (χ3v) is 5.97. The smallest absolute Gasteiger partial charge is 0.325 e. The fraction of sp³-hybridized carbons (Fsp3) is 0.400. The lowest BCUT2D eigenvalue weighted by molar-refractivity contribution is -0.165. The van der Waals surface area contributed by atoms with Crippen molar-refractivity contribution in [3.05, 3.63) is 54.1 Å². The number of ether oxygens (including phenoxy) is 1. The standard InChI is InChI=1S/C25H31N3O5/c1-4-5-6-18-7-9-19(10-8-18)20-11-13-22(14-12-20)33-16-21(28(32)17-29)15-27-24(31)26-23(30)25(27,2)3/h7-14,17,21,32H,4-6,15-16H2,1-3H3,(H,26,30,31). The van der Waals surface area contributed by atoms with Crippen molar-refractivity contribution in [1.82, 2.24) is 15.3 Å². The summed E-state index contributed by atoms with van der Waals surface area (Å²) in [7, 11) is 0. The number of nitrogens with zero attached hydrogens (tertiary/aromatic N) is 2. The highest BCUT2D eigenvalue weighted by molar-refractivity contribution is 6.06. The van der Waals surface area contributed by atoms with Crippen molar-refractivity contribution in [2.24, 2.45) is 0 Å². The largest absolute Gasteiger partial charge is 0.491 e. The van der Waals surface area contributed by atoms with E-state index in [1.165, 1.54) is 23.3 Å². The van der Waals surface area contributed by atoms with Crippen molar-refractivity contribution in [2.45, 2.75) is 51.6 Å². The zero-order chi connectivity index (χ0) is 24.0. The van der Waals surface area contributed by atoms with Gasteiger partial charge in [0, 0.05) is 6.54 Å². The van der Waals surface area contributed by atoms with E-state index in [4.69, 9.17) is 4.74 Å². The molecule has 1 heterocycles. The molecule has 3 rings (SSSR count). The van der Waals surface area contributed by atoms with E-state index in [0.29, 0.717) is 10.8 Å². The van der Waals surface area contributed by atoms with Crippen molar-refractivity contribution >= 4 is 18.3 Å². The van der Waals surface area contributed by atoms with E-state index in [0.717, 1.165) is 17.5 Å². The van der Waals surface area contributed by atoms with E-state index in [2.05, 4.69) is 36.5 Å². The molecule has 2 N–H and O–H groups in total. The Bertz CT molecular complexity index is 973. The monoisotopic (exact) mass is 453 g/mol. The molecule has 33 heavy (non-hydrogen) atoms. The van der Waals surface area contributed by atoms with Gasteiger partial charge in [-0.05, 0) is 55.5 Å².